The first-order valence-corrected chi connectivity index (χ1v) is 5.76. The quantitative estimate of drug-likeness (QED) is 0.853. The lowest BCUT2D eigenvalue weighted by Crippen LogP contribution is -2.28. The Kier molecular flexibility index (Phi) is 2.98. The van der Waals surface area contributed by atoms with Crippen LogP contribution in [0.5, 0.6) is 5.75 Å². The molecule has 96 valence electrons. The van der Waals surface area contributed by atoms with E-state index < -0.39 is 0 Å². The number of hydrogen-bond acceptors (Lipinski definition) is 4. The molecule has 5 nitrogen and oxygen atoms in total. The van der Waals surface area contributed by atoms with Gasteiger partial charge in [0.25, 0.3) is 5.56 Å². The number of nitrogens with one attached hydrogen (secondary N) is 2. The molecule has 0 amide bonds. The van der Waals surface area contributed by atoms with Crippen LogP contribution in [0.3, 0.4) is 0 Å². The Hall–Kier alpha value is -2.04. The molecule has 0 aliphatic rings. The minimum atomic E-state index is -0.219. The van der Waals surface area contributed by atoms with Crippen LogP contribution in [0.1, 0.15) is 20.8 Å². The first-order valence-electron chi connectivity index (χ1n) is 5.76. The van der Waals surface area contributed by atoms with Gasteiger partial charge in [0.1, 0.15) is 5.75 Å². The van der Waals surface area contributed by atoms with Crippen LogP contribution in [0.15, 0.2) is 23.0 Å². The second-order valence-corrected chi connectivity index (χ2v) is 5.16. The second kappa shape index (κ2) is 4.33. The van der Waals surface area contributed by atoms with E-state index in [0.29, 0.717) is 22.3 Å². The molecule has 18 heavy (non-hydrogen) atoms. The zero-order valence-corrected chi connectivity index (χ0v) is 11.0. The molecule has 0 unspecified atom stereocenters. The van der Waals surface area contributed by atoms with Crippen molar-refractivity contribution >= 4 is 16.6 Å². The lowest BCUT2D eigenvalue weighted by atomic mass is 10.1. The van der Waals surface area contributed by atoms with E-state index in [1.54, 1.807) is 19.2 Å². The van der Waals surface area contributed by atoms with Crippen molar-refractivity contribution in [1.82, 2.24) is 10.2 Å². The van der Waals surface area contributed by atoms with E-state index in [1.165, 1.54) is 0 Å². The highest BCUT2D eigenvalue weighted by molar-refractivity contribution is 5.96. The van der Waals surface area contributed by atoms with Gasteiger partial charge in [0.2, 0.25) is 0 Å². The Labute approximate surface area is 105 Å². The monoisotopic (exact) mass is 247 g/mol. The molecule has 0 fully saturated rings. The highest BCUT2D eigenvalue weighted by Crippen LogP contribution is 2.29. The molecule has 0 atom stereocenters. The van der Waals surface area contributed by atoms with Gasteiger partial charge in [-0.2, -0.15) is 5.10 Å². The molecule has 0 spiro atoms. The summed E-state index contributed by atoms with van der Waals surface area (Å²) in [5.74, 6) is 1.26. The third-order valence-corrected chi connectivity index (χ3v) is 2.49. The van der Waals surface area contributed by atoms with Crippen LogP contribution in [0.25, 0.3) is 10.8 Å². The van der Waals surface area contributed by atoms with Gasteiger partial charge in [-0.15, -0.1) is 0 Å². The molecule has 1 aromatic carbocycles. The fourth-order valence-corrected chi connectivity index (χ4v) is 1.80. The summed E-state index contributed by atoms with van der Waals surface area (Å²) in [5, 5.41) is 11.1. The van der Waals surface area contributed by atoms with E-state index in [-0.39, 0.29) is 11.1 Å². The fourth-order valence-electron chi connectivity index (χ4n) is 1.80. The summed E-state index contributed by atoms with van der Waals surface area (Å²) in [6, 6.07) is 5.36. The van der Waals surface area contributed by atoms with Gasteiger partial charge in [-0.05, 0) is 32.9 Å². The second-order valence-electron chi connectivity index (χ2n) is 5.16. The predicted molar refractivity (Wildman–Crippen MR) is 72.3 cm³/mol. The Morgan fingerprint density at radius 1 is 1.33 bits per heavy atom. The van der Waals surface area contributed by atoms with Crippen molar-refractivity contribution < 1.29 is 4.74 Å². The molecule has 1 aromatic heterocycles. The van der Waals surface area contributed by atoms with Crippen molar-refractivity contribution in [2.45, 2.75) is 26.3 Å². The number of fused-ring (bicyclic) bond motifs is 1. The van der Waals surface area contributed by atoms with Gasteiger partial charge in [-0.25, -0.2) is 5.10 Å². The minimum absolute atomic E-state index is 0.154. The molecular weight excluding hydrogens is 230 g/mol. The maximum atomic E-state index is 11.8. The molecule has 0 saturated heterocycles. The predicted octanol–water partition coefficient (Wildman–Crippen LogP) is 2.14. The van der Waals surface area contributed by atoms with Crippen LogP contribution in [0, 0.1) is 0 Å². The van der Waals surface area contributed by atoms with Crippen LogP contribution in [0.4, 0.5) is 5.82 Å². The third kappa shape index (κ3) is 2.30. The Balaban J connectivity index is 2.74. The van der Waals surface area contributed by atoms with E-state index in [9.17, 15) is 4.79 Å². The Bertz CT molecular complexity index is 626. The third-order valence-electron chi connectivity index (χ3n) is 2.49. The van der Waals surface area contributed by atoms with Crippen molar-refractivity contribution in [2.75, 3.05) is 12.4 Å². The summed E-state index contributed by atoms with van der Waals surface area (Å²) in [6.45, 7) is 6.09. The molecule has 0 radical (unpaired) electrons. The number of methoxy groups -OCH3 is 1. The number of nitrogens with zero attached hydrogens (tertiary/aromatic N) is 1. The number of benzene rings is 1. The van der Waals surface area contributed by atoms with Crippen molar-refractivity contribution in [3.8, 4) is 5.75 Å². The van der Waals surface area contributed by atoms with Crippen LogP contribution in [-0.4, -0.2) is 22.8 Å². The Morgan fingerprint density at radius 3 is 2.67 bits per heavy atom. The maximum absolute atomic E-state index is 11.8. The molecule has 2 aromatic rings. The van der Waals surface area contributed by atoms with E-state index >= 15 is 0 Å². The summed E-state index contributed by atoms with van der Waals surface area (Å²) in [6.07, 6.45) is 0. The summed E-state index contributed by atoms with van der Waals surface area (Å²) >= 11 is 0. The number of ether oxygens (including phenoxy) is 1. The topological polar surface area (TPSA) is 67.0 Å². The number of anilines is 1. The summed E-state index contributed by atoms with van der Waals surface area (Å²) in [7, 11) is 1.58. The van der Waals surface area contributed by atoms with Gasteiger partial charge in [0.15, 0.2) is 5.82 Å². The molecule has 1 heterocycles. The summed E-state index contributed by atoms with van der Waals surface area (Å²) in [5.41, 5.74) is -0.373. The molecule has 0 saturated carbocycles. The minimum Gasteiger partial charge on any atom is -0.496 e. The van der Waals surface area contributed by atoms with Crippen LogP contribution in [0.2, 0.25) is 0 Å². The Morgan fingerprint density at radius 2 is 2.06 bits per heavy atom. The molecule has 0 aliphatic carbocycles. The fraction of sp³-hybridized carbons (Fsp3) is 0.385. The average molecular weight is 247 g/mol. The van der Waals surface area contributed by atoms with E-state index in [0.717, 1.165) is 0 Å². The van der Waals surface area contributed by atoms with Crippen molar-refractivity contribution in [2.24, 2.45) is 0 Å². The smallest absolute Gasteiger partial charge is 0.272 e. The van der Waals surface area contributed by atoms with Crippen LogP contribution >= 0.6 is 0 Å². The maximum Gasteiger partial charge on any atom is 0.272 e. The largest absolute Gasteiger partial charge is 0.496 e. The standard InChI is InChI=1S/C13H17N3O2/c1-13(2,3)14-11-10-8(12(17)16-15-11)6-5-7-9(10)18-4/h5-7H,1-4H3,(H,14,15)(H,16,17). The number of aromatic amines is 1. The van der Waals surface area contributed by atoms with Crippen molar-refractivity contribution in [3.63, 3.8) is 0 Å². The number of hydrogen-bond donors (Lipinski definition) is 2. The lowest BCUT2D eigenvalue weighted by Gasteiger charge is -2.22. The molecule has 5 heteroatoms. The van der Waals surface area contributed by atoms with E-state index in [1.807, 2.05) is 26.8 Å². The zero-order chi connectivity index (χ0) is 13.3. The van der Waals surface area contributed by atoms with Gasteiger partial charge >= 0.3 is 0 Å². The van der Waals surface area contributed by atoms with Crippen molar-refractivity contribution in [3.05, 3.63) is 28.6 Å². The van der Waals surface area contributed by atoms with Gasteiger partial charge < -0.3 is 10.1 Å². The molecular formula is C13H17N3O2. The van der Waals surface area contributed by atoms with Crippen molar-refractivity contribution in [1.29, 1.82) is 0 Å². The molecule has 0 bridgehead atoms. The lowest BCUT2D eigenvalue weighted by molar-refractivity contribution is 0.419. The number of aromatic nitrogens is 2. The first-order chi connectivity index (χ1) is 8.42. The van der Waals surface area contributed by atoms with Gasteiger partial charge in [0.05, 0.1) is 17.9 Å². The molecule has 0 aliphatic heterocycles. The number of rotatable bonds is 2. The van der Waals surface area contributed by atoms with Gasteiger partial charge in [0, 0.05) is 5.54 Å². The van der Waals surface area contributed by atoms with E-state index in [2.05, 4.69) is 15.5 Å². The van der Waals surface area contributed by atoms with Gasteiger partial charge in [-0.1, -0.05) is 6.07 Å². The van der Waals surface area contributed by atoms with Crippen LogP contribution in [-0.2, 0) is 0 Å². The average Bonchev–Trinajstić information content (AvgIpc) is 2.30. The zero-order valence-electron chi connectivity index (χ0n) is 11.0. The number of H-pyrrole nitrogens is 1. The SMILES string of the molecule is COc1cccc2c(=O)[nH]nc(NC(C)(C)C)c12. The molecule has 2 rings (SSSR count). The highest BCUT2D eigenvalue weighted by Gasteiger charge is 2.16. The molecule has 2 N–H and O–H groups in total. The summed E-state index contributed by atoms with van der Waals surface area (Å²) in [4.78, 5) is 11.8. The van der Waals surface area contributed by atoms with Crippen LogP contribution < -0.4 is 15.6 Å². The highest BCUT2D eigenvalue weighted by atomic mass is 16.5. The normalized spacial score (nSPS) is 11.6. The van der Waals surface area contributed by atoms with Gasteiger partial charge in [-0.3, -0.25) is 4.79 Å². The van der Waals surface area contributed by atoms with E-state index in [4.69, 9.17) is 4.74 Å². The summed E-state index contributed by atoms with van der Waals surface area (Å²) < 4.78 is 5.30. The first kappa shape index (κ1) is 12.4.